The van der Waals surface area contributed by atoms with Crippen molar-refractivity contribution >= 4 is 27.3 Å². The molecule has 0 N–H and O–H groups in total. The van der Waals surface area contributed by atoms with Gasteiger partial charge in [-0.3, -0.25) is 4.79 Å². The smallest absolute Gasteiger partial charge is 0.194 e. The van der Waals surface area contributed by atoms with Crippen molar-refractivity contribution in [1.82, 2.24) is 4.98 Å². The molecule has 0 fully saturated rings. The number of carbonyl (C=O) groups excluding carboxylic acids is 1. The summed E-state index contributed by atoms with van der Waals surface area (Å²) < 4.78 is 11.5. The van der Waals surface area contributed by atoms with E-state index < -0.39 is 5.92 Å². The number of ketones is 1. The second kappa shape index (κ2) is 6.69. The van der Waals surface area contributed by atoms with Gasteiger partial charge in [0.25, 0.3) is 0 Å². The molecule has 1 atom stereocenters. The molecule has 24 heavy (non-hydrogen) atoms. The molecule has 0 aliphatic carbocycles. The van der Waals surface area contributed by atoms with Crippen molar-refractivity contribution in [2.75, 3.05) is 14.2 Å². The number of nitrogens with zero attached hydrogens (tertiary/aromatic N) is 2. The van der Waals surface area contributed by atoms with E-state index in [9.17, 15) is 10.1 Å². The molecule has 0 aliphatic rings. The SMILES string of the molecule is COc1cccc(OC)c1C(=O)C(C#N)c1nc2ccccc2s1. The van der Waals surface area contributed by atoms with E-state index in [4.69, 9.17) is 9.47 Å². The molecule has 0 saturated carbocycles. The van der Waals surface area contributed by atoms with Crippen LogP contribution in [0, 0.1) is 11.3 Å². The maximum absolute atomic E-state index is 13.0. The van der Waals surface area contributed by atoms with Crippen LogP contribution in [-0.4, -0.2) is 25.0 Å². The van der Waals surface area contributed by atoms with Crippen LogP contribution in [0.25, 0.3) is 10.2 Å². The number of para-hydroxylation sites is 1. The average molecular weight is 338 g/mol. The van der Waals surface area contributed by atoms with Gasteiger partial charge in [-0.2, -0.15) is 5.26 Å². The van der Waals surface area contributed by atoms with E-state index in [1.807, 2.05) is 24.3 Å². The molecule has 3 rings (SSSR count). The molecule has 0 aliphatic heterocycles. The minimum absolute atomic E-state index is 0.258. The number of benzene rings is 2. The van der Waals surface area contributed by atoms with Crippen molar-refractivity contribution < 1.29 is 14.3 Å². The quantitative estimate of drug-likeness (QED) is 0.662. The van der Waals surface area contributed by atoms with Gasteiger partial charge in [0.05, 0.1) is 30.5 Å². The Morgan fingerprint density at radius 2 is 1.79 bits per heavy atom. The van der Waals surface area contributed by atoms with Gasteiger partial charge in [0.2, 0.25) is 0 Å². The molecular formula is C18H14N2O3S. The van der Waals surface area contributed by atoms with Gasteiger partial charge in [-0.1, -0.05) is 18.2 Å². The second-order valence-corrected chi connectivity index (χ2v) is 6.05. The van der Waals surface area contributed by atoms with Gasteiger partial charge in [-0.25, -0.2) is 4.98 Å². The number of aromatic nitrogens is 1. The highest BCUT2D eigenvalue weighted by Crippen LogP contribution is 2.35. The molecular weight excluding hydrogens is 324 g/mol. The first-order chi connectivity index (χ1) is 11.7. The Labute approximate surface area is 143 Å². The zero-order valence-corrected chi connectivity index (χ0v) is 14.0. The Morgan fingerprint density at radius 3 is 2.38 bits per heavy atom. The van der Waals surface area contributed by atoms with Gasteiger partial charge in [0, 0.05) is 0 Å². The van der Waals surface area contributed by atoms with E-state index in [1.165, 1.54) is 25.6 Å². The average Bonchev–Trinajstić information content (AvgIpc) is 3.04. The van der Waals surface area contributed by atoms with Crippen LogP contribution in [0.5, 0.6) is 11.5 Å². The van der Waals surface area contributed by atoms with E-state index in [0.717, 1.165) is 10.2 Å². The van der Waals surface area contributed by atoms with Crippen molar-refractivity contribution in [2.24, 2.45) is 0 Å². The monoisotopic (exact) mass is 338 g/mol. The van der Waals surface area contributed by atoms with Crippen LogP contribution in [0.2, 0.25) is 0 Å². The topological polar surface area (TPSA) is 72.2 Å². The van der Waals surface area contributed by atoms with Gasteiger partial charge in [-0.05, 0) is 24.3 Å². The molecule has 2 aromatic carbocycles. The summed E-state index contributed by atoms with van der Waals surface area (Å²) in [6, 6.07) is 14.7. The number of hydrogen-bond donors (Lipinski definition) is 0. The van der Waals surface area contributed by atoms with Crippen LogP contribution in [0.3, 0.4) is 0 Å². The molecule has 0 bridgehead atoms. The highest BCUT2D eigenvalue weighted by Gasteiger charge is 2.30. The highest BCUT2D eigenvalue weighted by atomic mass is 32.1. The van der Waals surface area contributed by atoms with Crippen molar-refractivity contribution in [3.05, 3.63) is 53.0 Å². The van der Waals surface area contributed by atoms with Gasteiger partial charge in [0.15, 0.2) is 11.7 Å². The number of Topliss-reactive ketones (excluding diaryl/α,β-unsaturated/α-hetero) is 1. The largest absolute Gasteiger partial charge is 0.496 e. The Kier molecular flexibility index (Phi) is 4.45. The van der Waals surface area contributed by atoms with Crippen LogP contribution in [0.4, 0.5) is 0 Å². The van der Waals surface area contributed by atoms with Gasteiger partial charge < -0.3 is 9.47 Å². The first-order valence-electron chi connectivity index (χ1n) is 7.20. The van der Waals surface area contributed by atoms with Crippen molar-refractivity contribution in [2.45, 2.75) is 5.92 Å². The summed E-state index contributed by atoms with van der Waals surface area (Å²) >= 11 is 1.34. The van der Waals surface area contributed by atoms with Crippen molar-refractivity contribution in [1.29, 1.82) is 5.26 Å². The summed E-state index contributed by atoms with van der Waals surface area (Å²) in [7, 11) is 2.95. The Hall–Kier alpha value is -2.91. The van der Waals surface area contributed by atoms with Crippen molar-refractivity contribution in [3.63, 3.8) is 0 Å². The van der Waals surface area contributed by atoms with E-state index in [2.05, 4.69) is 11.1 Å². The number of rotatable bonds is 5. The van der Waals surface area contributed by atoms with E-state index >= 15 is 0 Å². The van der Waals surface area contributed by atoms with Crippen molar-refractivity contribution in [3.8, 4) is 17.6 Å². The van der Waals surface area contributed by atoms with Gasteiger partial charge >= 0.3 is 0 Å². The van der Waals surface area contributed by atoms with E-state index in [1.54, 1.807) is 18.2 Å². The van der Waals surface area contributed by atoms with Crippen LogP contribution >= 0.6 is 11.3 Å². The molecule has 5 nitrogen and oxygen atoms in total. The molecule has 120 valence electrons. The summed E-state index contributed by atoms with van der Waals surface area (Å²) in [5.74, 6) is -0.639. The number of thiazole rings is 1. The zero-order chi connectivity index (χ0) is 17.1. The number of nitriles is 1. The lowest BCUT2D eigenvalue weighted by atomic mass is 9.97. The fourth-order valence-corrected chi connectivity index (χ4v) is 3.49. The Bertz CT molecular complexity index is 888. The lowest BCUT2D eigenvalue weighted by Crippen LogP contribution is -2.13. The molecule has 0 spiro atoms. The Morgan fingerprint density at radius 1 is 1.12 bits per heavy atom. The predicted molar refractivity (Wildman–Crippen MR) is 91.9 cm³/mol. The third kappa shape index (κ3) is 2.70. The lowest BCUT2D eigenvalue weighted by molar-refractivity contribution is 0.0972. The highest BCUT2D eigenvalue weighted by molar-refractivity contribution is 7.18. The third-order valence-electron chi connectivity index (χ3n) is 3.62. The summed E-state index contributed by atoms with van der Waals surface area (Å²) in [5.41, 5.74) is 1.03. The first-order valence-corrected chi connectivity index (χ1v) is 8.01. The molecule has 0 saturated heterocycles. The lowest BCUT2D eigenvalue weighted by Gasteiger charge is -2.13. The molecule has 1 heterocycles. The van der Waals surface area contributed by atoms with Crippen LogP contribution < -0.4 is 9.47 Å². The summed E-state index contributed by atoms with van der Waals surface area (Å²) in [5, 5.41) is 10.0. The molecule has 3 aromatic rings. The zero-order valence-electron chi connectivity index (χ0n) is 13.1. The molecule has 6 heteroatoms. The first kappa shape index (κ1) is 16.0. The normalized spacial score (nSPS) is 11.7. The molecule has 1 unspecified atom stereocenters. The molecule has 0 amide bonds. The van der Waals surface area contributed by atoms with Crippen LogP contribution in [0.15, 0.2) is 42.5 Å². The second-order valence-electron chi connectivity index (χ2n) is 4.98. The Balaban J connectivity index is 2.09. The fraction of sp³-hybridized carbons (Fsp3) is 0.167. The summed E-state index contributed by atoms with van der Waals surface area (Å²) in [6.07, 6.45) is 0. The van der Waals surface area contributed by atoms with Gasteiger partial charge in [0.1, 0.15) is 22.1 Å². The number of hydrogen-bond acceptors (Lipinski definition) is 6. The van der Waals surface area contributed by atoms with E-state index in [0.29, 0.717) is 16.5 Å². The minimum Gasteiger partial charge on any atom is -0.496 e. The van der Waals surface area contributed by atoms with Gasteiger partial charge in [-0.15, -0.1) is 11.3 Å². The predicted octanol–water partition coefficient (Wildman–Crippen LogP) is 3.80. The maximum Gasteiger partial charge on any atom is 0.194 e. The fourth-order valence-electron chi connectivity index (χ4n) is 2.48. The number of fused-ring (bicyclic) bond motifs is 1. The summed E-state index contributed by atoms with van der Waals surface area (Å²) in [4.78, 5) is 17.4. The summed E-state index contributed by atoms with van der Waals surface area (Å²) in [6.45, 7) is 0. The standard InChI is InChI=1S/C18H14N2O3S/c1-22-13-7-5-8-14(23-2)16(13)17(21)11(10-19)18-20-12-6-3-4-9-15(12)24-18/h3-9,11H,1-2H3. The third-order valence-corrected chi connectivity index (χ3v) is 4.72. The number of carbonyl (C=O) groups is 1. The number of ether oxygens (including phenoxy) is 2. The van der Waals surface area contributed by atoms with Crippen LogP contribution in [-0.2, 0) is 0 Å². The number of methoxy groups -OCH3 is 2. The maximum atomic E-state index is 13.0. The minimum atomic E-state index is -1.01. The molecule has 0 radical (unpaired) electrons. The van der Waals surface area contributed by atoms with Crippen LogP contribution in [0.1, 0.15) is 21.3 Å². The molecule has 1 aromatic heterocycles. The van der Waals surface area contributed by atoms with E-state index in [-0.39, 0.29) is 11.3 Å².